The van der Waals surface area contributed by atoms with Crippen molar-refractivity contribution in [3.05, 3.63) is 35.3 Å². The summed E-state index contributed by atoms with van der Waals surface area (Å²) >= 11 is 0. The van der Waals surface area contributed by atoms with Gasteiger partial charge in [0.05, 0.1) is 5.52 Å². The number of halogens is 1. The van der Waals surface area contributed by atoms with Crippen LogP contribution in [0, 0.1) is 18.7 Å². The Kier molecular flexibility index (Phi) is 2.63. The van der Waals surface area contributed by atoms with Gasteiger partial charge in [0.25, 0.3) is 0 Å². The van der Waals surface area contributed by atoms with Crippen molar-refractivity contribution >= 4 is 10.9 Å². The van der Waals surface area contributed by atoms with Crippen LogP contribution in [0.15, 0.2) is 18.3 Å². The number of nitrogens with one attached hydrogen (secondary N) is 2. The fourth-order valence-electron chi connectivity index (χ4n) is 2.72. The Bertz CT molecular complexity index is 538. The van der Waals surface area contributed by atoms with Crippen molar-refractivity contribution in [3.8, 4) is 0 Å². The molecular weight excluding hydrogens is 215 g/mol. The Balaban J connectivity index is 1.96. The van der Waals surface area contributed by atoms with Crippen molar-refractivity contribution in [1.82, 2.24) is 10.3 Å². The molecule has 0 radical (unpaired) electrons. The van der Waals surface area contributed by atoms with E-state index < -0.39 is 0 Å². The summed E-state index contributed by atoms with van der Waals surface area (Å²) in [7, 11) is 0. The zero-order valence-corrected chi connectivity index (χ0v) is 10.0. The van der Waals surface area contributed by atoms with Crippen LogP contribution in [0.2, 0.25) is 0 Å². The molecule has 1 aliphatic heterocycles. The SMILES string of the molecule is Cc1c[nH]c2c(F)cc(CC3CCNC3)cc12. The number of hydrogen-bond acceptors (Lipinski definition) is 1. The topological polar surface area (TPSA) is 27.8 Å². The van der Waals surface area contributed by atoms with Crippen LogP contribution >= 0.6 is 0 Å². The second kappa shape index (κ2) is 4.15. The van der Waals surface area contributed by atoms with Crippen molar-refractivity contribution in [2.75, 3.05) is 13.1 Å². The van der Waals surface area contributed by atoms with Crippen molar-refractivity contribution in [3.63, 3.8) is 0 Å². The van der Waals surface area contributed by atoms with Gasteiger partial charge in [-0.1, -0.05) is 0 Å². The van der Waals surface area contributed by atoms with Crippen molar-refractivity contribution in [2.24, 2.45) is 5.92 Å². The third-order valence-electron chi connectivity index (χ3n) is 3.69. The maximum Gasteiger partial charge on any atom is 0.147 e. The van der Waals surface area contributed by atoms with Crippen LogP contribution in [-0.2, 0) is 6.42 Å². The van der Waals surface area contributed by atoms with E-state index in [1.54, 1.807) is 6.07 Å². The molecule has 0 spiro atoms. The second-order valence-electron chi connectivity index (χ2n) is 5.03. The monoisotopic (exact) mass is 232 g/mol. The molecular formula is C14H17FN2. The number of benzene rings is 1. The van der Waals surface area contributed by atoms with Gasteiger partial charge in [-0.25, -0.2) is 4.39 Å². The third-order valence-corrected chi connectivity index (χ3v) is 3.69. The summed E-state index contributed by atoms with van der Waals surface area (Å²) in [4.78, 5) is 2.99. The maximum atomic E-state index is 13.9. The number of aryl methyl sites for hydroxylation is 1. The second-order valence-corrected chi connectivity index (χ2v) is 5.03. The zero-order chi connectivity index (χ0) is 11.8. The number of rotatable bonds is 2. The summed E-state index contributed by atoms with van der Waals surface area (Å²) in [5.74, 6) is 0.530. The molecule has 1 aromatic heterocycles. The quantitative estimate of drug-likeness (QED) is 0.818. The van der Waals surface area contributed by atoms with Gasteiger partial charge in [0, 0.05) is 11.6 Å². The smallest absolute Gasteiger partial charge is 0.147 e. The lowest BCUT2D eigenvalue weighted by Crippen LogP contribution is -2.10. The minimum Gasteiger partial charge on any atom is -0.359 e. The first kappa shape index (κ1) is 10.8. The van der Waals surface area contributed by atoms with Crippen molar-refractivity contribution in [2.45, 2.75) is 19.8 Å². The minimum atomic E-state index is -0.128. The largest absolute Gasteiger partial charge is 0.359 e. The van der Waals surface area contributed by atoms with E-state index in [-0.39, 0.29) is 5.82 Å². The van der Waals surface area contributed by atoms with Gasteiger partial charge < -0.3 is 10.3 Å². The standard InChI is InChI=1S/C14H17FN2/c1-9-7-17-14-12(9)5-11(6-13(14)15)4-10-2-3-16-8-10/h5-7,10,16-17H,2-4,8H2,1H3. The van der Waals surface area contributed by atoms with Gasteiger partial charge in [-0.2, -0.15) is 0 Å². The van der Waals surface area contributed by atoms with Gasteiger partial charge >= 0.3 is 0 Å². The average molecular weight is 232 g/mol. The first-order valence-corrected chi connectivity index (χ1v) is 6.21. The zero-order valence-electron chi connectivity index (χ0n) is 10.0. The number of aromatic amines is 1. The fourth-order valence-corrected chi connectivity index (χ4v) is 2.72. The van der Waals surface area contributed by atoms with Crippen LogP contribution in [0.4, 0.5) is 4.39 Å². The van der Waals surface area contributed by atoms with Crippen LogP contribution in [0.5, 0.6) is 0 Å². The Labute approximate surface area is 100 Å². The fraction of sp³-hybridized carbons (Fsp3) is 0.429. The van der Waals surface area contributed by atoms with E-state index in [1.807, 2.05) is 13.1 Å². The van der Waals surface area contributed by atoms with E-state index in [1.165, 1.54) is 6.42 Å². The molecule has 2 N–H and O–H groups in total. The average Bonchev–Trinajstić information content (AvgIpc) is 2.90. The molecule has 1 saturated heterocycles. The van der Waals surface area contributed by atoms with Crippen molar-refractivity contribution < 1.29 is 4.39 Å². The lowest BCUT2D eigenvalue weighted by molar-refractivity contribution is 0.575. The Hall–Kier alpha value is -1.35. The van der Waals surface area contributed by atoms with Gasteiger partial charge in [0.15, 0.2) is 0 Å². The lowest BCUT2D eigenvalue weighted by atomic mass is 9.97. The Morgan fingerprint density at radius 1 is 1.41 bits per heavy atom. The number of aromatic nitrogens is 1. The van der Waals surface area contributed by atoms with E-state index in [9.17, 15) is 4.39 Å². The molecule has 0 aliphatic carbocycles. The molecule has 2 nitrogen and oxygen atoms in total. The van der Waals surface area contributed by atoms with Crippen LogP contribution in [0.3, 0.4) is 0 Å². The highest BCUT2D eigenvalue weighted by Crippen LogP contribution is 2.24. The summed E-state index contributed by atoms with van der Waals surface area (Å²) in [6.07, 6.45) is 4.05. The van der Waals surface area contributed by atoms with E-state index in [2.05, 4.69) is 16.4 Å². The highest BCUT2D eigenvalue weighted by Gasteiger charge is 2.16. The molecule has 1 aliphatic rings. The summed E-state index contributed by atoms with van der Waals surface area (Å²) in [5, 5.41) is 4.37. The van der Waals surface area contributed by atoms with Gasteiger partial charge in [0.1, 0.15) is 5.82 Å². The van der Waals surface area contributed by atoms with E-state index >= 15 is 0 Å². The number of hydrogen-bond donors (Lipinski definition) is 2. The van der Waals surface area contributed by atoms with Crippen LogP contribution in [0.25, 0.3) is 10.9 Å². The molecule has 17 heavy (non-hydrogen) atoms. The first-order chi connectivity index (χ1) is 8.24. The lowest BCUT2D eigenvalue weighted by Gasteiger charge is -2.09. The van der Waals surface area contributed by atoms with Gasteiger partial charge in [-0.3, -0.25) is 0 Å². The van der Waals surface area contributed by atoms with Gasteiger partial charge in [-0.15, -0.1) is 0 Å². The maximum absolute atomic E-state index is 13.9. The van der Waals surface area contributed by atoms with E-state index in [4.69, 9.17) is 0 Å². The summed E-state index contributed by atoms with van der Waals surface area (Å²) in [6, 6.07) is 3.80. The molecule has 90 valence electrons. The molecule has 1 fully saturated rings. The van der Waals surface area contributed by atoms with Crippen LogP contribution in [-0.4, -0.2) is 18.1 Å². The van der Waals surface area contributed by atoms with Gasteiger partial charge in [-0.05, 0) is 62.0 Å². The van der Waals surface area contributed by atoms with E-state index in [0.717, 1.165) is 36.0 Å². The highest BCUT2D eigenvalue weighted by molar-refractivity contribution is 5.84. The predicted octanol–water partition coefficient (Wildman–Crippen LogP) is 2.77. The Morgan fingerprint density at radius 3 is 3.06 bits per heavy atom. The molecule has 3 rings (SSSR count). The molecule has 0 saturated carbocycles. The van der Waals surface area contributed by atoms with Crippen molar-refractivity contribution in [1.29, 1.82) is 0 Å². The van der Waals surface area contributed by atoms with Gasteiger partial charge in [0.2, 0.25) is 0 Å². The number of fused-ring (bicyclic) bond motifs is 1. The molecule has 0 amide bonds. The highest BCUT2D eigenvalue weighted by atomic mass is 19.1. The summed E-state index contributed by atoms with van der Waals surface area (Å²) < 4.78 is 13.9. The molecule has 1 atom stereocenters. The van der Waals surface area contributed by atoms with Crippen LogP contribution in [0.1, 0.15) is 17.5 Å². The molecule has 2 aromatic rings. The Morgan fingerprint density at radius 2 is 2.29 bits per heavy atom. The minimum absolute atomic E-state index is 0.128. The number of H-pyrrole nitrogens is 1. The third kappa shape index (κ3) is 1.95. The predicted molar refractivity (Wildman–Crippen MR) is 67.7 cm³/mol. The molecule has 2 heterocycles. The molecule has 3 heteroatoms. The van der Waals surface area contributed by atoms with E-state index in [0.29, 0.717) is 11.4 Å². The molecule has 0 bridgehead atoms. The molecule has 1 aromatic carbocycles. The summed E-state index contributed by atoms with van der Waals surface area (Å²) in [6.45, 7) is 4.17. The first-order valence-electron chi connectivity index (χ1n) is 6.21. The van der Waals surface area contributed by atoms with Crippen LogP contribution < -0.4 is 5.32 Å². The molecule has 1 unspecified atom stereocenters. The summed E-state index contributed by atoms with van der Waals surface area (Å²) in [5.41, 5.74) is 2.87. The normalized spacial score (nSPS) is 20.2.